The first kappa shape index (κ1) is 27.5. The molecule has 0 aromatic heterocycles. The van der Waals surface area contributed by atoms with Gasteiger partial charge in [-0.1, -0.05) is 61.4 Å². The molecule has 0 radical (unpaired) electrons. The summed E-state index contributed by atoms with van der Waals surface area (Å²) in [5.41, 5.74) is 4.43. The second-order valence-electron chi connectivity index (χ2n) is 8.00. The summed E-state index contributed by atoms with van der Waals surface area (Å²) in [6.07, 6.45) is 0.837. The van der Waals surface area contributed by atoms with Crippen LogP contribution in [0.25, 0.3) is 11.1 Å². The zero-order valence-electron chi connectivity index (χ0n) is 18.6. The Bertz CT molecular complexity index is 1090. The number of rotatable bonds is 12. The van der Waals surface area contributed by atoms with Gasteiger partial charge in [0.05, 0.1) is 6.61 Å². The van der Waals surface area contributed by atoms with Crippen molar-refractivity contribution in [1.82, 2.24) is 5.32 Å². The Balaban J connectivity index is 1.32. The van der Waals surface area contributed by atoms with Crippen molar-refractivity contribution < 1.29 is 46.6 Å². The van der Waals surface area contributed by atoms with E-state index in [-0.39, 0.29) is 25.5 Å². The molecule has 0 spiro atoms. The van der Waals surface area contributed by atoms with E-state index in [1.54, 1.807) is 0 Å². The SMILES string of the molecule is O=C(NCCCCCCOP(=O)([O-])C(F)(F)P(=O)([O-])[O-])OCC1c2ccccc2-c2ccccc21. The maximum Gasteiger partial charge on any atom is 0.407 e. The molecule has 0 aliphatic heterocycles. The molecule has 35 heavy (non-hydrogen) atoms. The third kappa shape index (κ3) is 6.36. The molecule has 1 aliphatic carbocycles. The smallest absolute Gasteiger partial charge is 0.407 e. The average molecular weight is 530 g/mol. The topological polar surface area (TPSA) is 151 Å². The second kappa shape index (κ2) is 11.3. The summed E-state index contributed by atoms with van der Waals surface area (Å²) in [5.74, 6) is -0.0605. The van der Waals surface area contributed by atoms with Crippen LogP contribution in [0.4, 0.5) is 13.6 Å². The minimum Gasteiger partial charge on any atom is -0.806 e. The highest BCUT2D eigenvalue weighted by Gasteiger charge is 2.46. The molecule has 1 atom stereocenters. The van der Waals surface area contributed by atoms with Crippen LogP contribution in [-0.2, 0) is 18.4 Å². The van der Waals surface area contributed by atoms with Gasteiger partial charge in [-0.25, -0.2) is 4.79 Å². The summed E-state index contributed by atoms with van der Waals surface area (Å²) >= 11 is 0. The Kier molecular flexibility index (Phi) is 8.86. The zero-order valence-corrected chi connectivity index (χ0v) is 20.4. The number of nitrogens with one attached hydrogen (secondary N) is 1. The van der Waals surface area contributed by atoms with Gasteiger partial charge in [-0.15, -0.1) is 0 Å². The fourth-order valence-electron chi connectivity index (χ4n) is 3.83. The number of carbonyl (C=O) groups excluding carboxylic acids is 1. The molecule has 1 amide bonds. The van der Waals surface area contributed by atoms with Crippen molar-refractivity contribution in [1.29, 1.82) is 0 Å². The molecule has 0 saturated heterocycles. The molecular weight excluding hydrogens is 506 g/mol. The van der Waals surface area contributed by atoms with Crippen molar-refractivity contribution in [2.24, 2.45) is 0 Å². The van der Waals surface area contributed by atoms with Crippen LogP contribution < -0.4 is 20.0 Å². The van der Waals surface area contributed by atoms with Crippen LogP contribution in [0.15, 0.2) is 48.5 Å². The number of alkyl carbamates (subject to hydrolysis) is 1. The van der Waals surface area contributed by atoms with Crippen LogP contribution in [0.3, 0.4) is 0 Å². The number of fused-ring (bicyclic) bond motifs is 3. The van der Waals surface area contributed by atoms with E-state index in [4.69, 9.17) is 4.74 Å². The third-order valence-electron chi connectivity index (χ3n) is 5.60. The van der Waals surface area contributed by atoms with E-state index in [2.05, 4.69) is 9.84 Å². The molecule has 2 aromatic rings. The number of unbranched alkanes of at least 4 members (excludes halogenated alkanes) is 3. The minimum atomic E-state index is -6.70. The van der Waals surface area contributed by atoms with Gasteiger partial charge >= 0.3 is 11.5 Å². The van der Waals surface area contributed by atoms with Crippen molar-refractivity contribution in [3.05, 3.63) is 59.7 Å². The Morgan fingerprint density at radius 3 is 2.03 bits per heavy atom. The molecule has 1 unspecified atom stereocenters. The maximum atomic E-state index is 13.1. The molecule has 192 valence electrons. The normalized spacial score (nSPS) is 15.2. The Morgan fingerprint density at radius 2 is 1.46 bits per heavy atom. The van der Waals surface area contributed by atoms with Crippen LogP contribution in [0.5, 0.6) is 0 Å². The quantitative estimate of drug-likeness (QED) is 0.325. The number of ether oxygens (including phenoxy) is 1. The molecule has 13 heteroatoms. The number of amides is 1. The fourth-order valence-corrected chi connectivity index (χ4v) is 5.73. The van der Waals surface area contributed by atoms with Gasteiger partial charge in [0.1, 0.15) is 6.61 Å². The van der Waals surface area contributed by atoms with Gasteiger partial charge in [0.15, 0.2) is 0 Å². The lowest BCUT2D eigenvalue weighted by atomic mass is 9.98. The second-order valence-corrected chi connectivity index (χ2v) is 11.7. The maximum absolute atomic E-state index is 13.1. The van der Waals surface area contributed by atoms with Crippen molar-refractivity contribution in [2.75, 3.05) is 19.8 Å². The van der Waals surface area contributed by atoms with Crippen molar-refractivity contribution in [3.63, 3.8) is 0 Å². The first-order valence-corrected chi connectivity index (χ1v) is 14.0. The predicted molar refractivity (Wildman–Crippen MR) is 118 cm³/mol. The summed E-state index contributed by atoms with van der Waals surface area (Å²) in [7, 11) is -12.9. The number of alkyl halides is 2. The number of halogens is 2. The summed E-state index contributed by atoms with van der Waals surface area (Å²) in [5, 5.41) is -2.87. The number of carbonyl (C=O) groups is 1. The van der Waals surface area contributed by atoms with Crippen molar-refractivity contribution in [3.8, 4) is 11.1 Å². The largest absolute Gasteiger partial charge is 0.806 e. The zero-order chi connectivity index (χ0) is 25.7. The van der Waals surface area contributed by atoms with Gasteiger partial charge in [0, 0.05) is 20.1 Å². The molecule has 9 nitrogen and oxygen atoms in total. The predicted octanol–water partition coefficient (Wildman–Crippen LogP) is 3.12. The van der Waals surface area contributed by atoms with Crippen LogP contribution in [0.1, 0.15) is 42.7 Å². The van der Waals surface area contributed by atoms with Gasteiger partial charge in [-0.2, -0.15) is 8.78 Å². The molecule has 0 saturated carbocycles. The van der Waals surface area contributed by atoms with E-state index in [0.717, 1.165) is 22.3 Å². The Hall–Kier alpha value is -2.13. The highest BCUT2D eigenvalue weighted by molar-refractivity contribution is 7.70. The minimum absolute atomic E-state index is 0.0370. The highest BCUT2D eigenvalue weighted by atomic mass is 31.2. The average Bonchev–Trinajstić information content (AvgIpc) is 3.12. The number of benzene rings is 2. The van der Waals surface area contributed by atoms with Gasteiger partial charge < -0.3 is 38.4 Å². The van der Waals surface area contributed by atoms with Crippen LogP contribution in [0.2, 0.25) is 0 Å². The lowest BCUT2D eigenvalue weighted by Crippen LogP contribution is -2.35. The van der Waals surface area contributed by atoms with E-state index in [9.17, 15) is 37.4 Å². The first-order valence-electron chi connectivity index (χ1n) is 10.9. The van der Waals surface area contributed by atoms with E-state index in [1.807, 2.05) is 48.5 Å². The molecule has 1 aliphatic rings. The Labute approximate surface area is 201 Å². The molecule has 1 N–H and O–H groups in total. The van der Waals surface area contributed by atoms with Gasteiger partial charge in [-0.05, 0) is 35.1 Å². The molecule has 2 aromatic carbocycles. The van der Waals surface area contributed by atoms with Crippen molar-refractivity contribution in [2.45, 2.75) is 37.0 Å². The summed E-state index contributed by atoms with van der Waals surface area (Å²) in [6.45, 7) is -0.224. The highest BCUT2D eigenvalue weighted by Crippen LogP contribution is 2.67. The van der Waals surface area contributed by atoms with Crippen LogP contribution in [0, 0.1) is 0 Å². The lowest BCUT2D eigenvalue weighted by molar-refractivity contribution is -0.331. The van der Waals surface area contributed by atoms with E-state index >= 15 is 0 Å². The monoisotopic (exact) mass is 530 g/mol. The van der Waals surface area contributed by atoms with Crippen LogP contribution >= 0.6 is 15.2 Å². The lowest BCUT2D eigenvalue weighted by Gasteiger charge is -2.43. The van der Waals surface area contributed by atoms with E-state index in [0.29, 0.717) is 19.3 Å². The molecule has 0 heterocycles. The summed E-state index contributed by atoms with van der Waals surface area (Å²) in [6, 6.07) is 15.9. The van der Waals surface area contributed by atoms with Crippen LogP contribution in [-0.4, -0.2) is 31.3 Å². The number of hydrogen-bond donors (Lipinski definition) is 1. The van der Waals surface area contributed by atoms with Gasteiger partial charge in [0.2, 0.25) is 7.60 Å². The Morgan fingerprint density at radius 1 is 0.914 bits per heavy atom. The third-order valence-corrected chi connectivity index (χ3v) is 8.91. The summed E-state index contributed by atoms with van der Waals surface area (Å²) in [4.78, 5) is 44.1. The molecule has 3 rings (SSSR count). The number of hydrogen-bond acceptors (Lipinski definition) is 8. The first-order chi connectivity index (χ1) is 16.5. The molecule has 0 bridgehead atoms. The van der Waals surface area contributed by atoms with Crippen molar-refractivity contribution >= 4 is 21.3 Å². The molecule has 0 fully saturated rings. The fraction of sp³-hybridized carbons (Fsp3) is 0.409. The van der Waals surface area contributed by atoms with Gasteiger partial charge in [0.25, 0.3) is 0 Å². The standard InChI is InChI=1S/C22H27F2NO8P2/c23-22(24,34(27,28)29)35(30,31)33-14-8-2-1-7-13-25-21(26)32-15-20-18-11-5-3-9-16(18)17-10-4-6-12-19(17)20/h3-6,9-12,20H,1-2,7-8,13-15H2,(H,25,26)(H,30,31)(H2,27,28,29)/p-3. The van der Waals surface area contributed by atoms with E-state index < -0.39 is 33.3 Å². The molecular formula is C22H24F2NO8P2-3. The van der Waals surface area contributed by atoms with E-state index in [1.165, 1.54) is 0 Å². The summed E-state index contributed by atoms with van der Waals surface area (Å²) < 4.78 is 57.3. The van der Waals surface area contributed by atoms with Gasteiger partial charge in [-0.3, -0.25) is 0 Å².